The van der Waals surface area contributed by atoms with Crippen molar-refractivity contribution < 1.29 is 9.59 Å². The van der Waals surface area contributed by atoms with E-state index in [0.29, 0.717) is 5.69 Å². The van der Waals surface area contributed by atoms with Crippen molar-refractivity contribution in [1.82, 2.24) is 10.3 Å². The maximum absolute atomic E-state index is 11.6. The second-order valence-electron chi connectivity index (χ2n) is 4.25. The third-order valence-electron chi connectivity index (χ3n) is 2.69. The smallest absolute Gasteiger partial charge is 0.318 e. The Labute approximate surface area is 123 Å². The number of rotatable bonds is 3. The molecule has 0 spiro atoms. The van der Waals surface area contributed by atoms with Gasteiger partial charge in [-0.1, -0.05) is 12.1 Å². The molecule has 104 valence electrons. The molecule has 2 rings (SSSR count). The zero-order valence-electron chi connectivity index (χ0n) is 10.7. The maximum Gasteiger partial charge on any atom is 0.318 e. The van der Waals surface area contributed by atoms with Gasteiger partial charge >= 0.3 is 6.03 Å². The van der Waals surface area contributed by atoms with Gasteiger partial charge in [-0.05, 0) is 35.0 Å². The number of anilines is 1. The average Bonchev–Trinajstić information content (AvgIpc) is 2.37. The Balaban J connectivity index is 2.25. The molecule has 0 radical (unpaired) electrons. The topological polar surface area (TPSA) is 97.1 Å². The van der Waals surface area contributed by atoms with Gasteiger partial charge in [-0.2, -0.15) is 0 Å². The third kappa shape index (κ3) is 3.24. The zero-order chi connectivity index (χ0) is 14.7. The van der Waals surface area contributed by atoms with Crippen LogP contribution in [0.1, 0.15) is 6.92 Å². The first-order chi connectivity index (χ1) is 9.47. The quantitative estimate of drug-likeness (QED) is 0.798. The fraction of sp³-hybridized carbons (Fsp3) is 0.154. The van der Waals surface area contributed by atoms with Crippen LogP contribution in [0.4, 0.5) is 10.5 Å². The van der Waals surface area contributed by atoms with Gasteiger partial charge in [0.1, 0.15) is 6.04 Å². The minimum atomic E-state index is -0.872. The molecule has 0 aliphatic carbocycles. The van der Waals surface area contributed by atoms with Gasteiger partial charge in [0.2, 0.25) is 5.91 Å². The number of primary amides is 1. The standard InChI is InChI=1S/C13H13BrN4O2/c1-7(12(19)18-13(15)20)17-10-4-2-3-8-5-9(14)6-16-11(8)10/h2-7,17H,1H3,(H3,15,18,19,20). The molecule has 0 fully saturated rings. The normalized spacial score (nSPS) is 11.9. The van der Waals surface area contributed by atoms with E-state index in [-0.39, 0.29) is 0 Å². The predicted molar refractivity (Wildman–Crippen MR) is 80.3 cm³/mol. The number of nitrogens with zero attached hydrogens (tertiary/aromatic N) is 1. The Hall–Kier alpha value is -2.15. The van der Waals surface area contributed by atoms with E-state index in [1.165, 1.54) is 0 Å². The Morgan fingerprint density at radius 3 is 2.85 bits per heavy atom. The molecule has 0 aliphatic rings. The van der Waals surface area contributed by atoms with E-state index in [0.717, 1.165) is 15.4 Å². The summed E-state index contributed by atoms with van der Waals surface area (Å²) in [4.78, 5) is 26.6. The number of benzene rings is 1. The monoisotopic (exact) mass is 336 g/mol. The van der Waals surface area contributed by atoms with Crippen molar-refractivity contribution >= 4 is 44.5 Å². The summed E-state index contributed by atoms with van der Waals surface area (Å²) >= 11 is 3.36. The minimum absolute atomic E-state index is 0.494. The fourth-order valence-electron chi connectivity index (χ4n) is 1.78. The average molecular weight is 337 g/mol. The first-order valence-electron chi connectivity index (χ1n) is 5.88. The number of nitrogens with two attached hydrogens (primary N) is 1. The van der Waals surface area contributed by atoms with Crippen molar-refractivity contribution in [1.29, 1.82) is 0 Å². The van der Waals surface area contributed by atoms with Crippen molar-refractivity contribution in [2.45, 2.75) is 13.0 Å². The number of hydrogen-bond acceptors (Lipinski definition) is 4. The van der Waals surface area contributed by atoms with Gasteiger partial charge in [0, 0.05) is 16.1 Å². The molecule has 1 aromatic heterocycles. The largest absolute Gasteiger partial charge is 0.372 e. The molecule has 0 saturated heterocycles. The van der Waals surface area contributed by atoms with E-state index in [9.17, 15) is 9.59 Å². The first-order valence-corrected chi connectivity index (χ1v) is 6.68. The molecule has 0 aliphatic heterocycles. The lowest BCUT2D eigenvalue weighted by molar-refractivity contribution is -0.120. The Kier molecular flexibility index (Phi) is 4.19. The van der Waals surface area contributed by atoms with E-state index < -0.39 is 18.0 Å². The van der Waals surface area contributed by atoms with Crippen molar-refractivity contribution in [2.24, 2.45) is 5.73 Å². The lowest BCUT2D eigenvalue weighted by Crippen LogP contribution is -2.43. The molecule has 3 amide bonds. The summed E-state index contributed by atoms with van der Waals surface area (Å²) in [6.07, 6.45) is 1.68. The molecule has 1 heterocycles. The summed E-state index contributed by atoms with van der Waals surface area (Å²) < 4.78 is 0.877. The van der Waals surface area contributed by atoms with Crippen LogP contribution in [0.2, 0.25) is 0 Å². The SMILES string of the molecule is CC(Nc1cccc2cc(Br)cnc12)C(=O)NC(N)=O. The zero-order valence-corrected chi connectivity index (χ0v) is 12.3. The first kappa shape index (κ1) is 14.3. The number of carbonyl (C=O) groups excluding carboxylic acids is 2. The van der Waals surface area contributed by atoms with Crippen LogP contribution in [0, 0.1) is 0 Å². The van der Waals surface area contributed by atoms with Crippen molar-refractivity contribution in [3.05, 3.63) is 34.9 Å². The van der Waals surface area contributed by atoms with Gasteiger partial charge in [0.25, 0.3) is 0 Å². The van der Waals surface area contributed by atoms with Gasteiger partial charge < -0.3 is 11.1 Å². The Morgan fingerprint density at radius 2 is 2.15 bits per heavy atom. The lowest BCUT2D eigenvalue weighted by atomic mass is 10.1. The summed E-state index contributed by atoms with van der Waals surface area (Å²) in [7, 11) is 0. The number of carbonyl (C=O) groups is 2. The van der Waals surface area contributed by atoms with Crippen LogP contribution < -0.4 is 16.4 Å². The molecule has 2 aromatic rings. The predicted octanol–water partition coefficient (Wildman–Crippen LogP) is 1.99. The summed E-state index contributed by atoms with van der Waals surface area (Å²) in [5.41, 5.74) is 6.37. The van der Waals surface area contributed by atoms with Crippen LogP contribution >= 0.6 is 15.9 Å². The van der Waals surface area contributed by atoms with Crippen LogP contribution in [0.5, 0.6) is 0 Å². The molecule has 1 aromatic carbocycles. The number of halogens is 1. The van der Waals surface area contributed by atoms with E-state index >= 15 is 0 Å². The fourth-order valence-corrected chi connectivity index (χ4v) is 2.13. The molecule has 20 heavy (non-hydrogen) atoms. The second-order valence-corrected chi connectivity index (χ2v) is 5.17. The van der Waals surface area contributed by atoms with Crippen molar-refractivity contribution in [3.8, 4) is 0 Å². The summed E-state index contributed by atoms with van der Waals surface area (Å²) in [6.45, 7) is 1.63. The van der Waals surface area contributed by atoms with Gasteiger partial charge in [-0.3, -0.25) is 15.1 Å². The number of pyridine rings is 1. The molecule has 1 unspecified atom stereocenters. The molecule has 1 atom stereocenters. The van der Waals surface area contributed by atoms with E-state index in [2.05, 4.69) is 26.2 Å². The number of amides is 3. The van der Waals surface area contributed by atoms with Gasteiger partial charge in [-0.15, -0.1) is 0 Å². The molecular weight excluding hydrogens is 324 g/mol. The number of hydrogen-bond donors (Lipinski definition) is 3. The van der Waals surface area contributed by atoms with Crippen molar-refractivity contribution in [3.63, 3.8) is 0 Å². The summed E-state index contributed by atoms with van der Waals surface area (Å²) in [5.74, 6) is -0.494. The van der Waals surface area contributed by atoms with Crippen LogP contribution in [-0.4, -0.2) is 23.0 Å². The highest BCUT2D eigenvalue weighted by Crippen LogP contribution is 2.24. The van der Waals surface area contributed by atoms with Crippen LogP contribution in [0.3, 0.4) is 0 Å². The van der Waals surface area contributed by atoms with Gasteiger partial charge in [0.15, 0.2) is 0 Å². The lowest BCUT2D eigenvalue weighted by Gasteiger charge is -2.15. The van der Waals surface area contributed by atoms with Gasteiger partial charge in [-0.25, -0.2) is 4.79 Å². The summed E-state index contributed by atoms with van der Waals surface area (Å²) in [5, 5.41) is 5.98. The number of fused-ring (bicyclic) bond motifs is 1. The number of urea groups is 1. The van der Waals surface area contributed by atoms with Crippen LogP contribution in [0.15, 0.2) is 34.9 Å². The van der Waals surface area contributed by atoms with E-state index in [4.69, 9.17) is 5.73 Å². The van der Waals surface area contributed by atoms with Crippen LogP contribution in [0.25, 0.3) is 10.9 Å². The molecule has 7 heteroatoms. The molecule has 0 saturated carbocycles. The highest BCUT2D eigenvalue weighted by molar-refractivity contribution is 9.10. The number of nitrogens with one attached hydrogen (secondary N) is 2. The maximum atomic E-state index is 11.6. The highest BCUT2D eigenvalue weighted by Gasteiger charge is 2.15. The van der Waals surface area contributed by atoms with Crippen LogP contribution in [-0.2, 0) is 4.79 Å². The number of aromatic nitrogens is 1. The molecule has 4 N–H and O–H groups in total. The Morgan fingerprint density at radius 1 is 1.40 bits per heavy atom. The van der Waals surface area contributed by atoms with E-state index in [1.54, 1.807) is 13.1 Å². The molecular formula is C13H13BrN4O2. The Bertz CT molecular complexity index is 674. The minimum Gasteiger partial charge on any atom is -0.372 e. The third-order valence-corrected chi connectivity index (χ3v) is 3.12. The van der Waals surface area contributed by atoms with Crippen molar-refractivity contribution in [2.75, 3.05) is 5.32 Å². The molecule has 6 nitrogen and oxygen atoms in total. The molecule has 0 bridgehead atoms. The second kappa shape index (κ2) is 5.87. The van der Waals surface area contributed by atoms with Gasteiger partial charge in [0.05, 0.1) is 11.2 Å². The number of para-hydroxylation sites is 1. The highest BCUT2D eigenvalue weighted by atomic mass is 79.9. The summed E-state index contributed by atoms with van der Waals surface area (Å²) in [6, 6.07) is 6.05. The number of imide groups is 1. The van der Waals surface area contributed by atoms with E-state index in [1.807, 2.05) is 29.6 Å².